The van der Waals surface area contributed by atoms with Gasteiger partial charge in [0.1, 0.15) is 5.82 Å². The minimum atomic E-state index is -0.272. The highest BCUT2D eigenvalue weighted by atomic mass is 32.1. The van der Waals surface area contributed by atoms with E-state index in [9.17, 15) is 9.18 Å². The van der Waals surface area contributed by atoms with Crippen LogP contribution in [0.4, 0.5) is 10.1 Å². The molecule has 0 saturated carbocycles. The fourth-order valence-corrected chi connectivity index (χ4v) is 3.44. The normalized spacial score (nSPS) is 11.9. The van der Waals surface area contributed by atoms with E-state index in [4.69, 9.17) is 0 Å². The maximum Gasteiger partial charge on any atom is 0.238 e. The number of thiophene rings is 1. The number of nitrogens with one attached hydrogen (secondary N) is 2. The van der Waals surface area contributed by atoms with Gasteiger partial charge in [0.25, 0.3) is 0 Å². The maximum atomic E-state index is 13.2. The van der Waals surface area contributed by atoms with Crippen LogP contribution in [0.15, 0.2) is 66.0 Å². The van der Waals surface area contributed by atoms with Gasteiger partial charge in [0, 0.05) is 10.6 Å². The summed E-state index contributed by atoms with van der Waals surface area (Å²) in [7, 11) is 0. The first kappa shape index (κ1) is 17.3. The van der Waals surface area contributed by atoms with Gasteiger partial charge in [-0.2, -0.15) is 0 Å². The Hall–Kier alpha value is -2.50. The predicted molar refractivity (Wildman–Crippen MR) is 100 cm³/mol. The molecule has 0 saturated heterocycles. The van der Waals surface area contributed by atoms with E-state index in [0.717, 1.165) is 21.7 Å². The van der Waals surface area contributed by atoms with Crippen molar-refractivity contribution >= 4 is 22.9 Å². The van der Waals surface area contributed by atoms with Gasteiger partial charge in [0.2, 0.25) is 5.91 Å². The largest absolute Gasteiger partial charge is 0.325 e. The van der Waals surface area contributed by atoms with Crippen LogP contribution in [0.2, 0.25) is 0 Å². The Labute approximate surface area is 150 Å². The number of hydrogen-bond donors (Lipinski definition) is 2. The summed E-state index contributed by atoms with van der Waals surface area (Å²) in [4.78, 5) is 13.3. The van der Waals surface area contributed by atoms with Crippen LogP contribution in [-0.2, 0) is 4.79 Å². The minimum Gasteiger partial charge on any atom is -0.325 e. The van der Waals surface area contributed by atoms with E-state index in [1.807, 2.05) is 48.7 Å². The molecular weight excluding hydrogens is 335 g/mol. The van der Waals surface area contributed by atoms with Crippen molar-refractivity contribution in [1.82, 2.24) is 5.32 Å². The molecule has 128 valence electrons. The van der Waals surface area contributed by atoms with Gasteiger partial charge >= 0.3 is 0 Å². The number of anilines is 1. The van der Waals surface area contributed by atoms with Crippen LogP contribution in [0.3, 0.4) is 0 Å². The Balaban J connectivity index is 1.68. The summed E-state index contributed by atoms with van der Waals surface area (Å²) in [5.41, 5.74) is 2.79. The van der Waals surface area contributed by atoms with E-state index in [1.165, 1.54) is 12.1 Å². The number of benzene rings is 2. The third kappa shape index (κ3) is 4.75. The number of halogens is 1. The molecule has 3 aromatic rings. The molecule has 25 heavy (non-hydrogen) atoms. The topological polar surface area (TPSA) is 41.1 Å². The van der Waals surface area contributed by atoms with Crippen molar-refractivity contribution < 1.29 is 9.18 Å². The Morgan fingerprint density at radius 2 is 1.92 bits per heavy atom. The van der Waals surface area contributed by atoms with Gasteiger partial charge in [-0.25, -0.2) is 4.39 Å². The number of aryl methyl sites for hydroxylation is 1. The number of hydrogen-bond acceptors (Lipinski definition) is 3. The fourth-order valence-electron chi connectivity index (χ4n) is 2.62. The van der Waals surface area contributed by atoms with E-state index < -0.39 is 0 Å². The molecule has 3 nitrogen and oxygen atoms in total. The summed E-state index contributed by atoms with van der Waals surface area (Å²) in [5, 5.41) is 8.14. The lowest BCUT2D eigenvalue weighted by molar-refractivity contribution is -0.115. The zero-order chi connectivity index (χ0) is 17.6. The number of amides is 1. The number of rotatable bonds is 6. The van der Waals surface area contributed by atoms with Crippen molar-refractivity contribution in [1.29, 1.82) is 0 Å². The van der Waals surface area contributed by atoms with Crippen molar-refractivity contribution in [3.8, 4) is 0 Å². The smallest absolute Gasteiger partial charge is 0.238 e. The van der Waals surface area contributed by atoms with Crippen LogP contribution in [0.25, 0.3) is 0 Å². The molecule has 0 aliphatic heterocycles. The van der Waals surface area contributed by atoms with Gasteiger partial charge in [0.05, 0.1) is 12.6 Å². The first-order valence-electron chi connectivity index (χ1n) is 8.00. The molecule has 0 aliphatic rings. The fraction of sp³-hybridized carbons (Fsp3) is 0.150. The average Bonchev–Trinajstić information content (AvgIpc) is 3.11. The Morgan fingerprint density at radius 3 is 2.60 bits per heavy atom. The second-order valence-corrected chi connectivity index (χ2v) is 6.78. The van der Waals surface area contributed by atoms with Gasteiger partial charge in [-0.3, -0.25) is 10.1 Å². The van der Waals surface area contributed by atoms with Crippen LogP contribution >= 0.6 is 11.3 Å². The molecule has 0 unspecified atom stereocenters. The van der Waals surface area contributed by atoms with Crippen LogP contribution in [-0.4, -0.2) is 12.5 Å². The van der Waals surface area contributed by atoms with Gasteiger partial charge in [-0.05, 0) is 53.8 Å². The van der Waals surface area contributed by atoms with Crippen molar-refractivity contribution in [2.24, 2.45) is 0 Å². The molecular formula is C20H19FN2OS. The Morgan fingerprint density at radius 1 is 1.12 bits per heavy atom. The molecule has 0 fully saturated rings. The van der Waals surface area contributed by atoms with Gasteiger partial charge in [0.15, 0.2) is 0 Å². The summed E-state index contributed by atoms with van der Waals surface area (Å²) < 4.78 is 13.2. The van der Waals surface area contributed by atoms with E-state index in [2.05, 4.69) is 10.6 Å². The SMILES string of the molecule is Cc1cccc(NC(=O)CN[C@@H](c2ccc(F)cc2)c2cccs2)c1. The highest BCUT2D eigenvalue weighted by molar-refractivity contribution is 7.10. The molecule has 1 atom stereocenters. The zero-order valence-corrected chi connectivity index (χ0v) is 14.6. The molecule has 2 N–H and O–H groups in total. The van der Waals surface area contributed by atoms with E-state index in [-0.39, 0.29) is 24.3 Å². The van der Waals surface area contributed by atoms with Crippen LogP contribution in [0, 0.1) is 12.7 Å². The summed E-state index contributed by atoms with van der Waals surface area (Å²) in [6, 6.07) is 17.8. The summed E-state index contributed by atoms with van der Waals surface area (Å²) in [5.74, 6) is -0.389. The van der Waals surface area contributed by atoms with Crippen LogP contribution in [0.1, 0.15) is 22.0 Å². The number of carbonyl (C=O) groups excluding carboxylic acids is 1. The average molecular weight is 354 g/mol. The van der Waals surface area contributed by atoms with E-state index in [0.29, 0.717) is 0 Å². The molecule has 2 aromatic carbocycles. The predicted octanol–water partition coefficient (Wildman–Crippen LogP) is 4.51. The van der Waals surface area contributed by atoms with E-state index >= 15 is 0 Å². The zero-order valence-electron chi connectivity index (χ0n) is 13.8. The first-order chi connectivity index (χ1) is 12.1. The summed E-state index contributed by atoms with van der Waals surface area (Å²) in [6.45, 7) is 2.14. The highest BCUT2D eigenvalue weighted by Gasteiger charge is 2.16. The lowest BCUT2D eigenvalue weighted by Crippen LogP contribution is -2.31. The van der Waals surface area contributed by atoms with Gasteiger partial charge in [-0.1, -0.05) is 30.3 Å². The number of carbonyl (C=O) groups is 1. The molecule has 0 spiro atoms. The lowest BCUT2D eigenvalue weighted by Gasteiger charge is -2.18. The highest BCUT2D eigenvalue weighted by Crippen LogP contribution is 2.26. The molecule has 3 rings (SSSR count). The molecule has 1 amide bonds. The molecule has 0 aliphatic carbocycles. The molecule has 5 heteroatoms. The third-order valence-corrected chi connectivity index (χ3v) is 4.74. The third-order valence-electron chi connectivity index (χ3n) is 3.80. The standard InChI is InChI=1S/C20H19FN2OS/c1-14-4-2-5-17(12-14)23-19(24)13-22-20(18-6-3-11-25-18)15-7-9-16(21)10-8-15/h2-12,20,22H,13H2,1H3,(H,23,24)/t20-/m0/s1. The summed E-state index contributed by atoms with van der Waals surface area (Å²) >= 11 is 1.60. The van der Waals surface area contributed by atoms with E-state index in [1.54, 1.807) is 23.5 Å². The first-order valence-corrected chi connectivity index (χ1v) is 8.88. The molecule has 0 radical (unpaired) electrons. The molecule has 0 bridgehead atoms. The second-order valence-electron chi connectivity index (χ2n) is 5.80. The van der Waals surface area contributed by atoms with Crippen molar-refractivity contribution in [2.45, 2.75) is 13.0 Å². The lowest BCUT2D eigenvalue weighted by atomic mass is 10.1. The molecule has 1 aromatic heterocycles. The summed E-state index contributed by atoms with van der Waals surface area (Å²) in [6.07, 6.45) is 0. The Bertz CT molecular complexity index is 831. The van der Waals surface area contributed by atoms with Gasteiger partial charge < -0.3 is 5.32 Å². The maximum absolute atomic E-state index is 13.2. The monoisotopic (exact) mass is 354 g/mol. The van der Waals surface area contributed by atoms with Gasteiger partial charge in [-0.15, -0.1) is 11.3 Å². The van der Waals surface area contributed by atoms with Crippen molar-refractivity contribution in [2.75, 3.05) is 11.9 Å². The quantitative estimate of drug-likeness (QED) is 0.684. The van der Waals surface area contributed by atoms with Crippen LogP contribution in [0.5, 0.6) is 0 Å². The second kappa shape index (κ2) is 8.05. The van der Waals surface area contributed by atoms with Crippen molar-refractivity contribution in [3.05, 3.63) is 87.9 Å². The van der Waals surface area contributed by atoms with Crippen LogP contribution < -0.4 is 10.6 Å². The minimum absolute atomic E-state index is 0.116. The molecule has 1 heterocycles. The Kier molecular flexibility index (Phi) is 5.58. The van der Waals surface area contributed by atoms with Crippen molar-refractivity contribution in [3.63, 3.8) is 0 Å².